The van der Waals surface area contributed by atoms with E-state index in [4.69, 9.17) is 10.5 Å². The Bertz CT molecular complexity index is 969. The number of likely N-dealkylation sites (N-methyl/N-ethyl adjacent to an activating group) is 1. The summed E-state index contributed by atoms with van der Waals surface area (Å²) in [5.74, 6) is -0.132. The van der Waals surface area contributed by atoms with E-state index in [1.165, 1.54) is 29.1 Å². The summed E-state index contributed by atoms with van der Waals surface area (Å²) in [6.45, 7) is 5.38. The minimum Gasteiger partial charge on any atom is -0.469 e. The maximum atomic E-state index is 12.7. The van der Waals surface area contributed by atoms with Crippen LogP contribution in [0.25, 0.3) is 10.9 Å². The monoisotopic (exact) mass is 426 g/mol. The zero-order valence-electron chi connectivity index (χ0n) is 18.9. The highest BCUT2D eigenvalue weighted by Crippen LogP contribution is 2.45. The van der Waals surface area contributed by atoms with Gasteiger partial charge in [0.1, 0.15) is 0 Å². The Morgan fingerprint density at radius 1 is 1.35 bits per heavy atom. The van der Waals surface area contributed by atoms with Crippen LogP contribution in [0.5, 0.6) is 0 Å². The molecule has 31 heavy (non-hydrogen) atoms. The fraction of sp³-hybridized carbons (Fsp3) is 0.583. The number of methoxy groups -OCH3 is 1. The Morgan fingerprint density at radius 2 is 2.13 bits per heavy atom. The number of primary amides is 1. The quantitative estimate of drug-likeness (QED) is 0.663. The van der Waals surface area contributed by atoms with Crippen LogP contribution in [-0.4, -0.2) is 72.0 Å². The Morgan fingerprint density at radius 3 is 2.81 bits per heavy atom. The Kier molecular flexibility index (Phi) is 6.08. The molecule has 3 N–H and O–H groups in total. The largest absolute Gasteiger partial charge is 0.469 e. The molecule has 1 amide bonds. The minimum absolute atomic E-state index is 0.0938. The van der Waals surface area contributed by atoms with E-state index in [1.54, 1.807) is 0 Å². The fourth-order valence-electron chi connectivity index (χ4n) is 5.92. The topological polar surface area (TPSA) is 91.7 Å². The zero-order chi connectivity index (χ0) is 22.3. The van der Waals surface area contributed by atoms with Crippen LogP contribution in [0.4, 0.5) is 0 Å². The summed E-state index contributed by atoms with van der Waals surface area (Å²) >= 11 is 0. The van der Waals surface area contributed by atoms with Gasteiger partial charge in [-0.05, 0) is 56.8 Å². The molecule has 168 valence electrons. The van der Waals surface area contributed by atoms with Gasteiger partial charge < -0.3 is 20.4 Å². The number of aromatic nitrogens is 1. The highest BCUT2D eigenvalue weighted by molar-refractivity contribution is 5.88. The lowest BCUT2D eigenvalue weighted by molar-refractivity contribution is -0.142. The molecule has 0 saturated carbocycles. The van der Waals surface area contributed by atoms with Crippen LogP contribution in [0, 0.1) is 5.92 Å². The predicted octanol–water partition coefficient (Wildman–Crippen LogP) is 2.26. The van der Waals surface area contributed by atoms with Gasteiger partial charge in [0.2, 0.25) is 5.91 Å². The van der Waals surface area contributed by atoms with Gasteiger partial charge in [0.15, 0.2) is 0 Å². The number of carbonyl (C=O) groups is 2. The van der Waals surface area contributed by atoms with Crippen LogP contribution in [0.1, 0.15) is 43.7 Å². The van der Waals surface area contributed by atoms with E-state index < -0.39 is 6.04 Å². The summed E-state index contributed by atoms with van der Waals surface area (Å²) < 4.78 is 4.82. The third kappa shape index (κ3) is 3.96. The molecule has 0 spiro atoms. The molecule has 7 nitrogen and oxygen atoms in total. The standard InChI is InChI=1S/C24H34N4O3/c1-14(2)28(9-8-21(29)31-4)23(24(25)30)16-10-18-17-6-5-7-19-22(17)15(12-26-19)11-20(18)27(3)13-16/h5-7,12,14,16,18,20,23,26H,8-11,13H2,1-4H3,(H2,25,30)/t16-,18-,20-,23?/m1/s1. The maximum absolute atomic E-state index is 12.7. The molecular weight excluding hydrogens is 392 g/mol. The number of amides is 1. The molecule has 1 aliphatic carbocycles. The number of aromatic amines is 1. The summed E-state index contributed by atoms with van der Waals surface area (Å²) in [6.07, 6.45) is 4.32. The first-order valence-electron chi connectivity index (χ1n) is 11.2. The van der Waals surface area contributed by atoms with Gasteiger partial charge in [0.05, 0.1) is 19.6 Å². The van der Waals surface area contributed by atoms with Crippen molar-refractivity contribution >= 4 is 22.8 Å². The Hall–Kier alpha value is -2.38. The third-order valence-electron chi connectivity index (χ3n) is 7.32. The van der Waals surface area contributed by atoms with Crippen molar-refractivity contribution in [1.29, 1.82) is 0 Å². The molecule has 2 heterocycles. The number of benzene rings is 1. The molecule has 1 aromatic carbocycles. The van der Waals surface area contributed by atoms with Crippen molar-refractivity contribution < 1.29 is 14.3 Å². The molecule has 2 aromatic rings. The summed E-state index contributed by atoms with van der Waals surface area (Å²) in [6, 6.07) is 6.58. The average Bonchev–Trinajstić information content (AvgIpc) is 3.15. The van der Waals surface area contributed by atoms with Gasteiger partial charge in [0, 0.05) is 48.2 Å². The number of nitrogens with two attached hydrogens (primary N) is 1. The predicted molar refractivity (Wildman–Crippen MR) is 121 cm³/mol. The van der Waals surface area contributed by atoms with Crippen LogP contribution < -0.4 is 5.73 Å². The smallest absolute Gasteiger partial charge is 0.306 e. The molecule has 4 atom stereocenters. The first-order valence-corrected chi connectivity index (χ1v) is 11.2. The van der Waals surface area contributed by atoms with E-state index in [0.717, 1.165) is 19.4 Å². The molecule has 0 radical (unpaired) electrons. The van der Waals surface area contributed by atoms with Gasteiger partial charge in [-0.15, -0.1) is 0 Å². The molecule has 4 rings (SSSR count). The van der Waals surface area contributed by atoms with Crippen LogP contribution in [-0.2, 0) is 20.7 Å². The molecule has 0 bridgehead atoms. The summed E-state index contributed by atoms with van der Waals surface area (Å²) in [5, 5.41) is 1.35. The van der Waals surface area contributed by atoms with Crippen molar-refractivity contribution in [3.8, 4) is 0 Å². The van der Waals surface area contributed by atoms with E-state index >= 15 is 0 Å². The first-order chi connectivity index (χ1) is 14.8. The summed E-state index contributed by atoms with van der Waals surface area (Å²) in [4.78, 5) is 32.4. The van der Waals surface area contributed by atoms with E-state index in [2.05, 4.69) is 60.1 Å². The second-order valence-corrected chi connectivity index (χ2v) is 9.40. The van der Waals surface area contributed by atoms with Crippen LogP contribution in [0.2, 0.25) is 0 Å². The Labute approximate surface area is 183 Å². The van der Waals surface area contributed by atoms with E-state index in [-0.39, 0.29) is 30.3 Å². The molecule has 1 aliphatic heterocycles. The van der Waals surface area contributed by atoms with Gasteiger partial charge in [-0.25, -0.2) is 0 Å². The van der Waals surface area contributed by atoms with Crippen molar-refractivity contribution in [1.82, 2.24) is 14.8 Å². The lowest BCUT2D eigenvalue weighted by atomic mass is 9.70. The number of hydrogen-bond donors (Lipinski definition) is 2. The number of H-pyrrole nitrogens is 1. The highest BCUT2D eigenvalue weighted by Gasteiger charge is 2.44. The van der Waals surface area contributed by atoms with Crippen molar-refractivity contribution in [3.63, 3.8) is 0 Å². The third-order valence-corrected chi connectivity index (χ3v) is 7.32. The molecular formula is C24H34N4O3. The van der Waals surface area contributed by atoms with Crippen LogP contribution >= 0.6 is 0 Å². The summed E-state index contributed by atoms with van der Waals surface area (Å²) in [5.41, 5.74) is 9.91. The van der Waals surface area contributed by atoms with Crippen LogP contribution in [0.15, 0.2) is 24.4 Å². The number of piperidine rings is 1. The van der Waals surface area contributed by atoms with Gasteiger partial charge in [-0.2, -0.15) is 0 Å². The molecule has 1 unspecified atom stereocenters. The van der Waals surface area contributed by atoms with Crippen molar-refractivity contribution in [3.05, 3.63) is 35.5 Å². The molecule has 1 fully saturated rings. The van der Waals surface area contributed by atoms with Crippen molar-refractivity contribution in [2.45, 2.75) is 57.2 Å². The van der Waals surface area contributed by atoms with Gasteiger partial charge in [-0.3, -0.25) is 14.5 Å². The Balaban J connectivity index is 1.64. The van der Waals surface area contributed by atoms with Gasteiger partial charge in [0.25, 0.3) is 0 Å². The second kappa shape index (κ2) is 8.63. The number of rotatable bonds is 7. The van der Waals surface area contributed by atoms with E-state index in [0.29, 0.717) is 18.5 Å². The lowest BCUT2D eigenvalue weighted by Gasteiger charge is -2.49. The number of fused-ring (bicyclic) bond motifs is 2. The number of carbonyl (C=O) groups excluding carboxylic acids is 2. The maximum Gasteiger partial charge on any atom is 0.306 e. The number of nitrogens with one attached hydrogen (secondary N) is 1. The first kappa shape index (κ1) is 21.8. The van der Waals surface area contributed by atoms with E-state index in [1.807, 2.05) is 0 Å². The van der Waals surface area contributed by atoms with Gasteiger partial charge >= 0.3 is 5.97 Å². The summed E-state index contributed by atoms with van der Waals surface area (Å²) in [7, 11) is 3.55. The number of likely N-dealkylation sites (tertiary alicyclic amines) is 1. The van der Waals surface area contributed by atoms with Gasteiger partial charge in [-0.1, -0.05) is 12.1 Å². The average molecular weight is 427 g/mol. The van der Waals surface area contributed by atoms with Crippen molar-refractivity contribution in [2.75, 3.05) is 27.2 Å². The molecule has 1 aromatic heterocycles. The lowest BCUT2D eigenvalue weighted by Crippen LogP contribution is -2.58. The zero-order valence-corrected chi connectivity index (χ0v) is 18.9. The molecule has 2 aliphatic rings. The van der Waals surface area contributed by atoms with E-state index in [9.17, 15) is 9.59 Å². The number of esters is 1. The fourth-order valence-corrected chi connectivity index (χ4v) is 5.92. The normalized spacial score (nSPS) is 24.4. The number of nitrogens with zero attached hydrogens (tertiary/aromatic N) is 2. The minimum atomic E-state index is -0.417. The second-order valence-electron chi connectivity index (χ2n) is 9.40. The number of hydrogen-bond acceptors (Lipinski definition) is 5. The highest BCUT2D eigenvalue weighted by atomic mass is 16.5. The molecule has 7 heteroatoms. The number of ether oxygens (including phenoxy) is 1. The molecule has 1 saturated heterocycles. The SMILES string of the molecule is COC(=O)CCN(C(C)C)C(C(N)=O)[C@@H]1C[C@@H]2c3cccc4[nH]cc(c34)C[C@H]2N(C)C1. The van der Waals surface area contributed by atoms with Crippen molar-refractivity contribution in [2.24, 2.45) is 11.7 Å². The van der Waals surface area contributed by atoms with Crippen LogP contribution in [0.3, 0.4) is 0 Å².